The molecule has 16 heavy (non-hydrogen) atoms. The van der Waals surface area contributed by atoms with Crippen LogP contribution in [-0.2, 0) is 6.54 Å². The minimum atomic E-state index is -0.358. The molecule has 2 rings (SSSR count). The molecule has 5 heteroatoms. The van der Waals surface area contributed by atoms with Gasteiger partial charge in [0.05, 0.1) is 20.2 Å². The molecule has 0 aliphatic carbocycles. The first-order valence-corrected chi connectivity index (χ1v) is 5.68. The number of benzene rings is 1. The van der Waals surface area contributed by atoms with Crippen molar-refractivity contribution in [2.75, 3.05) is 0 Å². The van der Waals surface area contributed by atoms with Crippen LogP contribution >= 0.6 is 15.9 Å². The van der Waals surface area contributed by atoms with Crippen molar-refractivity contribution in [3.8, 4) is 0 Å². The Morgan fingerprint density at radius 3 is 2.81 bits per heavy atom. The maximum absolute atomic E-state index is 10.9. The summed E-state index contributed by atoms with van der Waals surface area (Å²) in [5.74, 6) is 0. The highest BCUT2D eigenvalue weighted by Gasteiger charge is 2.17. The van der Waals surface area contributed by atoms with Gasteiger partial charge >= 0.3 is 0 Å². The van der Waals surface area contributed by atoms with Crippen LogP contribution in [0.3, 0.4) is 0 Å². The molecule has 0 aliphatic rings. The number of fused-ring (bicyclic) bond motifs is 1. The van der Waals surface area contributed by atoms with E-state index in [1.165, 1.54) is 6.07 Å². The molecule has 0 fully saturated rings. The van der Waals surface area contributed by atoms with Crippen molar-refractivity contribution in [3.05, 3.63) is 45.2 Å². The standard InChI is InChI=1S/C11H10BrN2O2/c1-2-13-6-8-4-3-5-10(14(15)16)11(8)9(12)7-13/h3-7H,2H2,1H3/q+1. The highest BCUT2D eigenvalue weighted by molar-refractivity contribution is 9.10. The number of hydrogen-bond donors (Lipinski definition) is 0. The lowest BCUT2D eigenvalue weighted by molar-refractivity contribution is -0.692. The molecule has 0 N–H and O–H groups in total. The number of nitro groups is 1. The van der Waals surface area contributed by atoms with Gasteiger partial charge in [0.25, 0.3) is 5.69 Å². The summed E-state index contributed by atoms with van der Waals surface area (Å²) in [6.07, 6.45) is 3.77. The zero-order valence-corrected chi connectivity index (χ0v) is 10.3. The number of nitro benzene ring substituents is 1. The molecule has 0 bridgehead atoms. The summed E-state index contributed by atoms with van der Waals surface area (Å²) in [5, 5.41) is 12.4. The number of non-ortho nitro benzene ring substituents is 1. The maximum atomic E-state index is 10.9. The molecule has 0 amide bonds. The third kappa shape index (κ3) is 1.78. The lowest BCUT2D eigenvalue weighted by Crippen LogP contribution is -2.31. The highest BCUT2D eigenvalue weighted by Crippen LogP contribution is 2.30. The summed E-state index contributed by atoms with van der Waals surface area (Å²) in [7, 11) is 0. The Morgan fingerprint density at radius 1 is 1.44 bits per heavy atom. The third-order valence-corrected chi connectivity index (χ3v) is 3.06. The number of aryl methyl sites for hydroxylation is 1. The average molecular weight is 282 g/mol. The second-order valence-corrected chi connectivity index (χ2v) is 4.29. The third-order valence-electron chi connectivity index (χ3n) is 2.46. The van der Waals surface area contributed by atoms with Gasteiger partial charge in [-0.2, -0.15) is 0 Å². The van der Waals surface area contributed by atoms with Crippen LogP contribution in [0, 0.1) is 10.1 Å². The Balaban J connectivity index is 2.83. The normalized spacial score (nSPS) is 10.6. The Bertz CT molecular complexity index is 569. The number of aromatic nitrogens is 1. The molecule has 0 saturated heterocycles. The zero-order chi connectivity index (χ0) is 11.7. The molecule has 82 valence electrons. The lowest BCUT2D eigenvalue weighted by atomic mass is 10.1. The fourth-order valence-corrected chi connectivity index (χ4v) is 2.38. The van der Waals surface area contributed by atoms with Crippen LogP contribution in [-0.4, -0.2) is 4.92 Å². The first-order chi connectivity index (χ1) is 7.63. The largest absolute Gasteiger partial charge is 0.278 e. The molecule has 1 heterocycles. The predicted octanol–water partition coefficient (Wildman–Crippen LogP) is 2.82. The van der Waals surface area contributed by atoms with Crippen LogP contribution in [0.5, 0.6) is 0 Å². The molecule has 1 aromatic heterocycles. The molecule has 0 spiro atoms. The maximum Gasteiger partial charge on any atom is 0.278 e. The summed E-state index contributed by atoms with van der Waals surface area (Å²) in [6.45, 7) is 2.85. The van der Waals surface area contributed by atoms with E-state index in [4.69, 9.17) is 0 Å². The van der Waals surface area contributed by atoms with E-state index >= 15 is 0 Å². The van der Waals surface area contributed by atoms with Gasteiger partial charge in [0, 0.05) is 6.07 Å². The minimum absolute atomic E-state index is 0.132. The van der Waals surface area contributed by atoms with Gasteiger partial charge in [-0.1, -0.05) is 6.07 Å². The van der Waals surface area contributed by atoms with Crippen LogP contribution in [0.1, 0.15) is 6.92 Å². The van der Waals surface area contributed by atoms with E-state index in [9.17, 15) is 10.1 Å². The van der Waals surface area contributed by atoms with Gasteiger partial charge in [-0.25, -0.2) is 4.57 Å². The van der Waals surface area contributed by atoms with Crippen LogP contribution in [0.15, 0.2) is 35.1 Å². The van der Waals surface area contributed by atoms with E-state index in [0.29, 0.717) is 5.39 Å². The van der Waals surface area contributed by atoms with Crippen molar-refractivity contribution in [2.45, 2.75) is 13.5 Å². The van der Waals surface area contributed by atoms with Gasteiger partial charge in [0.15, 0.2) is 12.4 Å². The Kier molecular flexibility index (Phi) is 2.87. The topological polar surface area (TPSA) is 47.0 Å². The van der Waals surface area contributed by atoms with E-state index in [0.717, 1.165) is 16.4 Å². The van der Waals surface area contributed by atoms with Gasteiger partial charge < -0.3 is 0 Å². The molecule has 0 atom stereocenters. The molecule has 0 unspecified atom stereocenters. The summed E-state index contributed by atoms with van der Waals surface area (Å²) in [4.78, 5) is 10.5. The predicted molar refractivity (Wildman–Crippen MR) is 64.2 cm³/mol. The van der Waals surface area contributed by atoms with Crippen LogP contribution in [0.2, 0.25) is 0 Å². The van der Waals surface area contributed by atoms with Gasteiger partial charge in [0.2, 0.25) is 0 Å². The average Bonchev–Trinajstić information content (AvgIpc) is 2.27. The van der Waals surface area contributed by atoms with Gasteiger partial charge in [-0.05, 0) is 28.9 Å². The monoisotopic (exact) mass is 281 g/mol. The fraction of sp³-hybridized carbons (Fsp3) is 0.182. The molecule has 1 aromatic carbocycles. The first kappa shape index (κ1) is 11.0. The van der Waals surface area contributed by atoms with Crippen LogP contribution in [0.25, 0.3) is 10.8 Å². The Labute approximate surface area is 101 Å². The van der Waals surface area contributed by atoms with Gasteiger partial charge in [-0.15, -0.1) is 0 Å². The van der Waals surface area contributed by atoms with E-state index < -0.39 is 0 Å². The summed E-state index contributed by atoms with van der Waals surface area (Å²) < 4.78 is 2.73. The number of nitrogens with zero attached hydrogens (tertiary/aromatic N) is 2. The molecular formula is C11H10BrN2O2+. The Morgan fingerprint density at radius 2 is 2.19 bits per heavy atom. The Hall–Kier alpha value is -1.49. The van der Waals surface area contributed by atoms with Crippen LogP contribution < -0.4 is 4.57 Å². The number of halogens is 1. The molecule has 0 aliphatic heterocycles. The van der Waals surface area contributed by atoms with E-state index in [1.807, 2.05) is 30.0 Å². The lowest BCUT2D eigenvalue weighted by Gasteiger charge is -2.01. The van der Waals surface area contributed by atoms with E-state index in [2.05, 4.69) is 15.9 Å². The quantitative estimate of drug-likeness (QED) is 0.483. The van der Waals surface area contributed by atoms with Crippen LogP contribution in [0.4, 0.5) is 5.69 Å². The van der Waals surface area contributed by atoms with Crippen molar-refractivity contribution in [2.24, 2.45) is 0 Å². The van der Waals surface area contributed by atoms with Crippen molar-refractivity contribution in [3.63, 3.8) is 0 Å². The summed E-state index contributed by atoms with van der Waals surface area (Å²) in [6, 6.07) is 5.09. The second kappa shape index (κ2) is 4.17. The van der Waals surface area contributed by atoms with Crippen molar-refractivity contribution >= 4 is 32.4 Å². The van der Waals surface area contributed by atoms with Crippen molar-refractivity contribution < 1.29 is 9.49 Å². The fourth-order valence-electron chi connectivity index (χ4n) is 1.69. The number of pyridine rings is 1. The smallest absolute Gasteiger partial charge is 0.258 e. The van der Waals surface area contributed by atoms with E-state index in [-0.39, 0.29) is 10.6 Å². The molecule has 4 nitrogen and oxygen atoms in total. The highest BCUT2D eigenvalue weighted by atomic mass is 79.9. The number of rotatable bonds is 2. The molecule has 0 radical (unpaired) electrons. The van der Waals surface area contributed by atoms with Crippen molar-refractivity contribution in [1.82, 2.24) is 0 Å². The number of hydrogen-bond acceptors (Lipinski definition) is 2. The molecule has 2 aromatic rings. The minimum Gasteiger partial charge on any atom is -0.258 e. The molecule has 0 saturated carbocycles. The van der Waals surface area contributed by atoms with E-state index in [1.54, 1.807) is 6.07 Å². The summed E-state index contributed by atoms with van der Waals surface area (Å²) in [5.41, 5.74) is 0.132. The molecular weight excluding hydrogens is 272 g/mol. The SMILES string of the molecule is CC[n+]1cc(Br)c2c([N+](=O)[O-])cccc2c1. The van der Waals surface area contributed by atoms with Gasteiger partial charge in [0.1, 0.15) is 6.54 Å². The van der Waals surface area contributed by atoms with Gasteiger partial charge in [-0.3, -0.25) is 10.1 Å². The second-order valence-electron chi connectivity index (χ2n) is 3.44. The first-order valence-electron chi connectivity index (χ1n) is 4.89. The van der Waals surface area contributed by atoms with Crippen molar-refractivity contribution in [1.29, 1.82) is 0 Å². The zero-order valence-electron chi connectivity index (χ0n) is 8.68. The summed E-state index contributed by atoms with van der Waals surface area (Å²) >= 11 is 3.38.